The molecule has 114 valence electrons. The number of nitrogens with zero attached hydrogens (tertiary/aromatic N) is 2. The maximum Gasteiger partial charge on any atom is 0.0640 e. The number of aromatic nitrogens is 2. The van der Waals surface area contributed by atoms with Gasteiger partial charge in [-0.2, -0.15) is 5.10 Å². The minimum Gasteiger partial charge on any atom is -0.271 e. The highest BCUT2D eigenvalue weighted by Crippen LogP contribution is 2.28. The lowest BCUT2D eigenvalue weighted by Gasteiger charge is -2.14. The predicted molar refractivity (Wildman–Crippen MR) is 83.3 cm³/mol. The summed E-state index contributed by atoms with van der Waals surface area (Å²) in [6.07, 6.45) is 14.7. The fourth-order valence-corrected chi connectivity index (χ4v) is 3.17. The third-order valence-corrected chi connectivity index (χ3v) is 4.46. The van der Waals surface area contributed by atoms with Crippen LogP contribution in [-0.2, 0) is 6.42 Å². The largest absolute Gasteiger partial charge is 0.271 e. The van der Waals surface area contributed by atoms with E-state index >= 15 is 0 Å². The third kappa shape index (κ3) is 4.60. The SMILES string of the molecule is CCCCCCC(Cc1ccn(C2CCCC2)n1)NN. The Labute approximate surface area is 123 Å². The van der Waals surface area contributed by atoms with Crippen molar-refractivity contribution < 1.29 is 0 Å². The van der Waals surface area contributed by atoms with Gasteiger partial charge in [-0.15, -0.1) is 0 Å². The summed E-state index contributed by atoms with van der Waals surface area (Å²) in [7, 11) is 0. The molecule has 20 heavy (non-hydrogen) atoms. The van der Waals surface area contributed by atoms with Gasteiger partial charge in [0.05, 0.1) is 11.7 Å². The standard InChI is InChI=1S/C16H30N4/c1-2-3-4-5-8-14(18-17)13-15-11-12-20(19-15)16-9-6-7-10-16/h11-12,14,16,18H,2-10,13,17H2,1H3. The Morgan fingerprint density at radius 3 is 2.85 bits per heavy atom. The van der Waals surface area contributed by atoms with Gasteiger partial charge in [0.2, 0.25) is 0 Å². The summed E-state index contributed by atoms with van der Waals surface area (Å²) in [5.74, 6) is 5.68. The molecule has 1 aliphatic carbocycles. The Hall–Kier alpha value is -0.870. The third-order valence-electron chi connectivity index (χ3n) is 4.46. The molecule has 0 bridgehead atoms. The molecule has 0 saturated heterocycles. The van der Waals surface area contributed by atoms with Gasteiger partial charge in [0, 0.05) is 18.7 Å². The second-order valence-corrected chi connectivity index (χ2v) is 6.14. The molecule has 1 heterocycles. The van der Waals surface area contributed by atoms with Crippen LogP contribution in [0, 0.1) is 0 Å². The van der Waals surface area contributed by atoms with Gasteiger partial charge in [-0.1, -0.05) is 45.4 Å². The Kier molecular flexibility index (Phi) is 6.54. The van der Waals surface area contributed by atoms with Gasteiger partial charge in [0.25, 0.3) is 0 Å². The van der Waals surface area contributed by atoms with Gasteiger partial charge in [-0.3, -0.25) is 16.0 Å². The number of hydrogen-bond donors (Lipinski definition) is 2. The lowest BCUT2D eigenvalue weighted by Crippen LogP contribution is -2.36. The molecule has 0 aromatic carbocycles. The average Bonchev–Trinajstić information content (AvgIpc) is 3.12. The molecule has 1 unspecified atom stereocenters. The van der Waals surface area contributed by atoms with Crippen molar-refractivity contribution in [3.63, 3.8) is 0 Å². The zero-order valence-electron chi connectivity index (χ0n) is 12.9. The monoisotopic (exact) mass is 278 g/mol. The zero-order valence-corrected chi connectivity index (χ0v) is 12.9. The number of unbranched alkanes of at least 4 members (excludes halogenated alkanes) is 3. The van der Waals surface area contributed by atoms with E-state index in [-0.39, 0.29) is 0 Å². The lowest BCUT2D eigenvalue weighted by atomic mass is 10.0. The number of nitrogens with one attached hydrogen (secondary N) is 1. The summed E-state index contributed by atoms with van der Waals surface area (Å²) in [4.78, 5) is 0. The van der Waals surface area contributed by atoms with Gasteiger partial charge in [-0.05, 0) is 25.3 Å². The summed E-state index contributed by atoms with van der Waals surface area (Å²) in [6.45, 7) is 2.24. The van der Waals surface area contributed by atoms with Crippen LogP contribution in [0.5, 0.6) is 0 Å². The van der Waals surface area contributed by atoms with E-state index < -0.39 is 0 Å². The van der Waals surface area contributed by atoms with Crippen LogP contribution in [0.15, 0.2) is 12.3 Å². The smallest absolute Gasteiger partial charge is 0.0640 e. The Morgan fingerprint density at radius 1 is 1.35 bits per heavy atom. The summed E-state index contributed by atoms with van der Waals surface area (Å²) in [5, 5.41) is 4.75. The minimum absolute atomic E-state index is 0.360. The highest BCUT2D eigenvalue weighted by molar-refractivity contribution is 5.02. The summed E-state index contributed by atoms with van der Waals surface area (Å²) in [6, 6.07) is 3.16. The predicted octanol–water partition coefficient (Wildman–Crippen LogP) is 3.34. The molecule has 4 heteroatoms. The molecule has 0 aliphatic heterocycles. The first-order valence-electron chi connectivity index (χ1n) is 8.33. The topological polar surface area (TPSA) is 55.9 Å². The number of hydrogen-bond acceptors (Lipinski definition) is 3. The van der Waals surface area contributed by atoms with Crippen molar-refractivity contribution >= 4 is 0 Å². The minimum atomic E-state index is 0.360. The van der Waals surface area contributed by atoms with Gasteiger partial charge in [0.15, 0.2) is 0 Å². The molecule has 1 saturated carbocycles. The molecule has 1 fully saturated rings. The Morgan fingerprint density at radius 2 is 2.15 bits per heavy atom. The van der Waals surface area contributed by atoms with Gasteiger partial charge >= 0.3 is 0 Å². The van der Waals surface area contributed by atoms with E-state index in [1.807, 2.05) is 0 Å². The van der Waals surface area contributed by atoms with Crippen molar-refractivity contribution in [3.8, 4) is 0 Å². The number of rotatable bonds is 9. The molecule has 1 atom stereocenters. The van der Waals surface area contributed by atoms with Crippen molar-refractivity contribution in [2.75, 3.05) is 0 Å². The molecular weight excluding hydrogens is 248 g/mol. The van der Waals surface area contributed by atoms with Gasteiger partial charge in [0.1, 0.15) is 0 Å². The van der Waals surface area contributed by atoms with Crippen molar-refractivity contribution in [3.05, 3.63) is 18.0 Å². The van der Waals surface area contributed by atoms with Crippen LogP contribution in [-0.4, -0.2) is 15.8 Å². The Balaban J connectivity index is 1.78. The van der Waals surface area contributed by atoms with E-state index in [0.717, 1.165) is 12.8 Å². The van der Waals surface area contributed by atoms with Crippen LogP contribution < -0.4 is 11.3 Å². The summed E-state index contributed by atoms with van der Waals surface area (Å²) >= 11 is 0. The first kappa shape index (κ1) is 15.5. The van der Waals surface area contributed by atoms with E-state index in [4.69, 9.17) is 10.9 Å². The van der Waals surface area contributed by atoms with E-state index in [9.17, 15) is 0 Å². The fraction of sp³-hybridized carbons (Fsp3) is 0.812. The van der Waals surface area contributed by atoms with Gasteiger partial charge in [-0.25, -0.2) is 0 Å². The highest BCUT2D eigenvalue weighted by atomic mass is 15.3. The molecule has 0 radical (unpaired) electrons. The maximum absolute atomic E-state index is 5.68. The van der Waals surface area contributed by atoms with Crippen LogP contribution in [0.3, 0.4) is 0 Å². The highest BCUT2D eigenvalue weighted by Gasteiger charge is 2.18. The van der Waals surface area contributed by atoms with Crippen LogP contribution in [0.25, 0.3) is 0 Å². The molecule has 0 spiro atoms. The van der Waals surface area contributed by atoms with Crippen molar-refractivity contribution in [2.24, 2.45) is 5.84 Å². The molecule has 3 N–H and O–H groups in total. The van der Waals surface area contributed by atoms with Crippen molar-refractivity contribution in [1.29, 1.82) is 0 Å². The van der Waals surface area contributed by atoms with Crippen LogP contribution in [0.4, 0.5) is 0 Å². The summed E-state index contributed by atoms with van der Waals surface area (Å²) < 4.78 is 2.17. The number of hydrazine groups is 1. The molecular formula is C16H30N4. The van der Waals surface area contributed by atoms with Crippen LogP contribution in [0.2, 0.25) is 0 Å². The van der Waals surface area contributed by atoms with Crippen LogP contribution in [0.1, 0.15) is 76.4 Å². The Bertz CT molecular complexity index is 368. The second-order valence-electron chi connectivity index (χ2n) is 6.14. The molecule has 2 rings (SSSR count). The molecule has 0 amide bonds. The molecule has 1 aliphatic rings. The molecule has 1 aromatic rings. The van der Waals surface area contributed by atoms with Crippen LogP contribution >= 0.6 is 0 Å². The second kappa shape index (κ2) is 8.42. The quantitative estimate of drug-likeness (QED) is 0.414. The van der Waals surface area contributed by atoms with E-state index in [1.165, 1.54) is 57.1 Å². The number of nitrogens with two attached hydrogens (primary N) is 1. The van der Waals surface area contributed by atoms with Gasteiger partial charge < -0.3 is 0 Å². The van der Waals surface area contributed by atoms with Crippen molar-refractivity contribution in [2.45, 2.75) is 83.2 Å². The van der Waals surface area contributed by atoms with E-state index in [0.29, 0.717) is 12.1 Å². The first-order valence-corrected chi connectivity index (χ1v) is 8.33. The van der Waals surface area contributed by atoms with Crippen molar-refractivity contribution in [1.82, 2.24) is 15.2 Å². The normalized spacial score (nSPS) is 17.7. The first-order chi connectivity index (χ1) is 9.83. The fourth-order valence-electron chi connectivity index (χ4n) is 3.17. The average molecular weight is 278 g/mol. The summed E-state index contributed by atoms with van der Waals surface area (Å²) in [5.41, 5.74) is 4.13. The molecule has 4 nitrogen and oxygen atoms in total. The van der Waals surface area contributed by atoms with E-state index in [1.54, 1.807) is 0 Å². The van der Waals surface area contributed by atoms with E-state index in [2.05, 4.69) is 29.3 Å². The maximum atomic E-state index is 5.68. The molecule has 1 aromatic heterocycles. The lowest BCUT2D eigenvalue weighted by molar-refractivity contribution is 0.440. The zero-order chi connectivity index (χ0) is 14.2.